The normalized spacial score (nSPS) is 19.4. The predicted octanol–water partition coefficient (Wildman–Crippen LogP) is 0.795. The van der Waals surface area contributed by atoms with Gasteiger partial charge in [0.1, 0.15) is 11.6 Å². The van der Waals surface area contributed by atoms with Crippen LogP contribution in [-0.2, 0) is 13.5 Å². The Morgan fingerprint density at radius 3 is 2.50 bits per heavy atom. The SMILES string of the molecule is Cc1nnc(CC2(CN)CCC2)n1C. The standard InChI is InChI=1S/C10H18N4/c1-8-12-13-9(14(8)2)6-10(7-11)4-3-5-10/h3-7,11H2,1-2H3. The number of rotatable bonds is 3. The van der Waals surface area contributed by atoms with Gasteiger partial charge < -0.3 is 10.3 Å². The number of nitrogens with zero attached hydrogens (tertiary/aromatic N) is 3. The van der Waals surface area contributed by atoms with Crippen molar-refractivity contribution in [3.63, 3.8) is 0 Å². The molecule has 1 aliphatic carbocycles. The molecule has 0 radical (unpaired) electrons. The van der Waals surface area contributed by atoms with E-state index in [0.29, 0.717) is 5.41 Å². The second-order valence-corrected chi connectivity index (χ2v) is 4.46. The van der Waals surface area contributed by atoms with E-state index in [1.807, 2.05) is 14.0 Å². The highest BCUT2D eigenvalue weighted by atomic mass is 15.3. The fourth-order valence-corrected chi connectivity index (χ4v) is 2.07. The Hall–Kier alpha value is -0.900. The van der Waals surface area contributed by atoms with E-state index in [2.05, 4.69) is 14.8 Å². The van der Waals surface area contributed by atoms with Crippen molar-refractivity contribution in [2.45, 2.75) is 32.6 Å². The van der Waals surface area contributed by atoms with Gasteiger partial charge in [-0.2, -0.15) is 0 Å². The van der Waals surface area contributed by atoms with Gasteiger partial charge in [0.25, 0.3) is 0 Å². The molecule has 0 amide bonds. The number of nitrogens with two attached hydrogens (primary N) is 1. The van der Waals surface area contributed by atoms with Gasteiger partial charge in [0.05, 0.1) is 0 Å². The Balaban J connectivity index is 2.13. The molecule has 0 bridgehead atoms. The van der Waals surface area contributed by atoms with Crippen molar-refractivity contribution in [1.29, 1.82) is 0 Å². The summed E-state index contributed by atoms with van der Waals surface area (Å²) in [4.78, 5) is 0. The zero-order valence-electron chi connectivity index (χ0n) is 8.95. The summed E-state index contributed by atoms with van der Waals surface area (Å²) in [6, 6.07) is 0. The fraction of sp³-hybridized carbons (Fsp3) is 0.800. The smallest absolute Gasteiger partial charge is 0.133 e. The summed E-state index contributed by atoms with van der Waals surface area (Å²) in [5, 5.41) is 8.25. The first kappa shape index (κ1) is 9.65. The second kappa shape index (κ2) is 3.35. The quantitative estimate of drug-likeness (QED) is 0.774. The lowest BCUT2D eigenvalue weighted by Crippen LogP contribution is -2.39. The Kier molecular flexibility index (Phi) is 2.31. The van der Waals surface area contributed by atoms with Gasteiger partial charge in [0.2, 0.25) is 0 Å². The first-order valence-electron chi connectivity index (χ1n) is 5.22. The minimum atomic E-state index is 0.327. The summed E-state index contributed by atoms with van der Waals surface area (Å²) in [5.41, 5.74) is 6.14. The van der Waals surface area contributed by atoms with Crippen molar-refractivity contribution in [2.75, 3.05) is 6.54 Å². The van der Waals surface area contributed by atoms with Gasteiger partial charge in [-0.05, 0) is 31.7 Å². The third kappa shape index (κ3) is 1.43. The molecule has 78 valence electrons. The monoisotopic (exact) mass is 194 g/mol. The number of aromatic nitrogens is 3. The largest absolute Gasteiger partial charge is 0.330 e. The lowest BCUT2D eigenvalue weighted by molar-refractivity contribution is 0.140. The summed E-state index contributed by atoms with van der Waals surface area (Å²) >= 11 is 0. The zero-order valence-corrected chi connectivity index (χ0v) is 8.95. The molecule has 4 heteroatoms. The maximum atomic E-state index is 5.82. The number of aryl methyl sites for hydroxylation is 1. The molecule has 0 unspecified atom stereocenters. The highest BCUT2D eigenvalue weighted by Crippen LogP contribution is 2.42. The Morgan fingerprint density at radius 2 is 2.14 bits per heavy atom. The molecule has 1 fully saturated rings. The molecule has 0 aliphatic heterocycles. The molecule has 0 atom stereocenters. The van der Waals surface area contributed by atoms with Crippen LogP contribution in [0.3, 0.4) is 0 Å². The summed E-state index contributed by atoms with van der Waals surface area (Å²) in [6.45, 7) is 2.76. The van der Waals surface area contributed by atoms with Crippen molar-refractivity contribution >= 4 is 0 Å². The molecule has 1 aromatic heterocycles. The van der Waals surface area contributed by atoms with Crippen molar-refractivity contribution in [1.82, 2.24) is 14.8 Å². The van der Waals surface area contributed by atoms with Crippen molar-refractivity contribution in [2.24, 2.45) is 18.2 Å². The summed E-state index contributed by atoms with van der Waals surface area (Å²) in [7, 11) is 2.02. The zero-order chi connectivity index (χ0) is 10.2. The van der Waals surface area contributed by atoms with Crippen LogP contribution >= 0.6 is 0 Å². The molecule has 0 aromatic carbocycles. The van der Waals surface area contributed by atoms with E-state index in [1.165, 1.54) is 19.3 Å². The highest BCUT2D eigenvalue weighted by Gasteiger charge is 2.36. The Bertz CT molecular complexity index is 319. The fourth-order valence-electron chi connectivity index (χ4n) is 2.07. The lowest BCUT2D eigenvalue weighted by atomic mass is 9.66. The molecule has 2 rings (SSSR count). The van der Waals surface area contributed by atoms with Crippen LogP contribution in [0.1, 0.15) is 30.9 Å². The minimum absolute atomic E-state index is 0.327. The Morgan fingerprint density at radius 1 is 1.43 bits per heavy atom. The predicted molar refractivity (Wildman–Crippen MR) is 54.8 cm³/mol. The first-order chi connectivity index (χ1) is 6.67. The molecule has 1 aromatic rings. The van der Waals surface area contributed by atoms with Gasteiger partial charge in [-0.3, -0.25) is 0 Å². The van der Waals surface area contributed by atoms with E-state index in [4.69, 9.17) is 5.73 Å². The summed E-state index contributed by atoms with van der Waals surface area (Å²) in [6.07, 6.45) is 4.79. The average molecular weight is 194 g/mol. The molecule has 4 nitrogen and oxygen atoms in total. The van der Waals surface area contributed by atoms with Crippen LogP contribution < -0.4 is 5.73 Å². The molecular formula is C10H18N4. The van der Waals surface area contributed by atoms with Gasteiger partial charge in [-0.25, -0.2) is 0 Å². The van der Waals surface area contributed by atoms with Crippen LogP contribution in [0, 0.1) is 12.3 Å². The lowest BCUT2D eigenvalue weighted by Gasteiger charge is -2.40. The van der Waals surface area contributed by atoms with Gasteiger partial charge in [0, 0.05) is 13.5 Å². The minimum Gasteiger partial charge on any atom is -0.330 e. The molecule has 0 spiro atoms. The van der Waals surface area contributed by atoms with Gasteiger partial charge in [-0.1, -0.05) is 6.42 Å². The van der Waals surface area contributed by atoms with Crippen LogP contribution in [0.4, 0.5) is 0 Å². The van der Waals surface area contributed by atoms with E-state index in [-0.39, 0.29) is 0 Å². The van der Waals surface area contributed by atoms with Crippen LogP contribution in [-0.4, -0.2) is 21.3 Å². The molecule has 2 N–H and O–H groups in total. The first-order valence-corrected chi connectivity index (χ1v) is 5.22. The van der Waals surface area contributed by atoms with Gasteiger partial charge in [-0.15, -0.1) is 10.2 Å². The highest BCUT2D eigenvalue weighted by molar-refractivity contribution is 5.01. The second-order valence-electron chi connectivity index (χ2n) is 4.46. The maximum absolute atomic E-state index is 5.82. The topological polar surface area (TPSA) is 56.7 Å². The average Bonchev–Trinajstić information content (AvgIpc) is 2.42. The van der Waals surface area contributed by atoms with Crippen LogP contribution in [0.15, 0.2) is 0 Å². The van der Waals surface area contributed by atoms with Gasteiger partial charge in [0.15, 0.2) is 0 Å². The van der Waals surface area contributed by atoms with Crippen LogP contribution in [0.5, 0.6) is 0 Å². The molecule has 1 saturated carbocycles. The van der Waals surface area contributed by atoms with Crippen molar-refractivity contribution in [3.05, 3.63) is 11.6 Å². The van der Waals surface area contributed by atoms with Crippen molar-refractivity contribution in [3.8, 4) is 0 Å². The Labute approximate surface area is 84.5 Å². The molecule has 14 heavy (non-hydrogen) atoms. The number of hydrogen-bond donors (Lipinski definition) is 1. The van der Waals surface area contributed by atoms with E-state index < -0.39 is 0 Å². The molecule has 1 aliphatic rings. The van der Waals surface area contributed by atoms with Gasteiger partial charge >= 0.3 is 0 Å². The van der Waals surface area contributed by atoms with E-state index in [1.54, 1.807) is 0 Å². The van der Waals surface area contributed by atoms with Crippen LogP contribution in [0.25, 0.3) is 0 Å². The number of hydrogen-bond acceptors (Lipinski definition) is 3. The molecular weight excluding hydrogens is 176 g/mol. The third-order valence-corrected chi connectivity index (χ3v) is 3.56. The summed E-state index contributed by atoms with van der Waals surface area (Å²) < 4.78 is 2.07. The molecule has 1 heterocycles. The van der Waals surface area contributed by atoms with E-state index >= 15 is 0 Å². The summed E-state index contributed by atoms with van der Waals surface area (Å²) in [5.74, 6) is 2.05. The van der Waals surface area contributed by atoms with E-state index in [9.17, 15) is 0 Å². The molecule has 0 saturated heterocycles. The van der Waals surface area contributed by atoms with Crippen LogP contribution in [0.2, 0.25) is 0 Å². The maximum Gasteiger partial charge on any atom is 0.133 e. The third-order valence-electron chi connectivity index (χ3n) is 3.56. The van der Waals surface area contributed by atoms with E-state index in [0.717, 1.165) is 24.6 Å². The van der Waals surface area contributed by atoms with Crippen molar-refractivity contribution < 1.29 is 0 Å².